The van der Waals surface area contributed by atoms with Gasteiger partial charge < -0.3 is 0 Å². The van der Waals surface area contributed by atoms with E-state index in [9.17, 15) is 4.79 Å². The normalized spacial score (nSPS) is 9.60. The minimum atomic E-state index is 0.219. The fourth-order valence-corrected chi connectivity index (χ4v) is 1.19. The van der Waals surface area contributed by atoms with E-state index in [2.05, 4.69) is 15.3 Å². The number of rotatable bonds is 3. The monoisotopic (exact) mass is 200 g/mol. The van der Waals surface area contributed by atoms with E-state index in [1.165, 1.54) is 6.08 Å². The minimum absolute atomic E-state index is 0.219. The van der Waals surface area contributed by atoms with Crippen LogP contribution in [0.5, 0.6) is 0 Å². The van der Waals surface area contributed by atoms with E-state index in [0.717, 1.165) is 5.69 Å². The number of aromatic nitrogens is 3. The molecule has 0 aliphatic carbocycles. The van der Waals surface area contributed by atoms with Crippen molar-refractivity contribution >= 4 is 6.08 Å². The van der Waals surface area contributed by atoms with Crippen molar-refractivity contribution in [3.05, 3.63) is 42.2 Å². The molecule has 0 amide bonds. The largest absolute Gasteiger partial charge is 0.235 e. The Labute approximate surface area is 86.1 Å². The van der Waals surface area contributed by atoms with Crippen LogP contribution in [0.15, 0.2) is 41.5 Å². The van der Waals surface area contributed by atoms with E-state index < -0.39 is 0 Å². The number of isocyanates is 1. The third kappa shape index (κ3) is 2.15. The number of para-hydroxylation sites is 1. The predicted octanol–water partition coefficient (Wildman–Crippen LogP) is 1.10. The van der Waals surface area contributed by atoms with Gasteiger partial charge >= 0.3 is 0 Å². The molecule has 1 aromatic carbocycles. The SMILES string of the molecule is O=C=NCc1cn(-c2ccccc2)nn1. The van der Waals surface area contributed by atoms with Crippen LogP contribution in [0, 0.1) is 0 Å². The third-order valence-electron chi connectivity index (χ3n) is 1.87. The molecular formula is C10H8N4O. The zero-order valence-electron chi connectivity index (χ0n) is 7.87. The first kappa shape index (κ1) is 9.30. The van der Waals surface area contributed by atoms with Crippen LogP contribution < -0.4 is 0 Å². The lowest BCUT2D eigenvalue weighted by molar-refractivity contribution is 0.562. The van der Waals surface area contributed by atoms with Crippen LogP contribution in [0.25, 0.3) is 5.69 Å². The van der Waals surface area contributed by atoms with E-state index >= 15 is 0 Å². The van der Waals surface area contributed by atoms with Gasteiger partial charge in [0.2, 0.25) is 6.08 Å². The quantitative estimate of drug-likeness (QED) is 0.550. The van der Waals surface area contributed by atoms with Gasteiger partial charge in [-0.3, -0.25) is 0 Å². The highest BCUT2D eigenvalue weighted by Crippen LogP contribution is 2.05. The van der Waals surface area contributed by atoms with Gasteiger partial charge in [0.1, 0.15) is 5.69 Å². The first-order valence-electron chi connectivity index (χ1n) is 4.40. The molecule has 0 saturated heterocycles. The molecule has 1 heterocycles. The second-order valence-electron chi connectivity index (χ2n) is 2.90. The molecule has 0 N–H and O–H groups in total. The zero-order valence-corrected chi connectivity index (χ0v) is 7.87. The van der Waals surface area contributed by atoms with Gasteiger partial charge in [0, 0.05) is 0 Å². The Morgan fingerprint density at radius 3 is 2.87 bits per heavy atom. The molecule has 2 aromatic rings. The van der Waals surface area contributed by atoms with Gasteiger partial charge in [0.15, 0.2) is 0 Å². The number of hydrogen-bond donors (Lipinski definition) is 0. The Hall–Kier alpha value is -2.26. The molecule has 0 radical (unpaired) electrons. The van der Waals surface area contributed by atoms with Gasteiger partial charge in [-0.15, -0.1) is 5.10 Å². The molecule has 0 atom stereocenters. The molecule has 5 heteroatoms. The van der Waals surface area contributed by atoms with E-state index in [1.54, 1.807) is 10.9 Å². The van der Waals surface area contributed by atoms with Crippen molar-refractivity contribution in [1.82, 2.24) is 15.0 Å². The second-order valence-corrected chi connectivity index (χ2v) is 2.90. The van der Waals surface area contributed by atoms with Crippen LogP contribution in [-0.4, -0.2) is 21.1 Å². The van der Waals surface area contributed by atoms with Crippen LogP contribution in [0.2, 0.25) is 0 Å². The maximum absolute atomic E-state index is 9.91. The zero-order chi connectivity index (χ0) is 10.5. The summed E-state index contributed by atoms with van der Waals surface area (Å²) in [7, 11) is 0. The molecular weight excluding hydrogens is 192 g/mol. The van der Waals surface area contributed by atoms with Crippen molar-refractivity contribution in [2.45, 2.75) is 6.54 Å². The lowest BCUT2D eigenvalue weighted by atomic mass is 10.3. The van der Waals surface area contributed by atoms with E-state index in [4.69, 9.17) is 0 Å². The molecule has 0 spiro atoms. The fourth-order valence-electron chi connectivity index (χ4n) is 1.19. The third-order valence-corrected chi connectivity index (χ3v) is 1.87. The first-order chi connectivity index (χ1) is 7.40. The molecule has 2 rings (SSSR count). The molecule has 0 unspecified atom stereocenters. The van der Waals surface area contributed by atoms with E-state index in [-0.39, 0.29) is 6.54 Å². The maximum Gasteiger partial charge on any atom is 0.235 e. The molecule has 0 fully saturated rings. The Bertz CT molecular complexity index is 485. The van der Waals surface area contributed by atoms with Crippen LogP contribution >= 0.6 is 0 Å². The summed E-state index contributed by atoms with van der Waals surface area (Å²) in [5, 5.41) is 7.79. The topological polar surface area (TPSA) is 60.1 Å². The summed E-state index contributed by atoms with van der Waals surface area (Å²) >= 11 is 0. The van der Waals surface area contributed by atoms with Gasteiger partial charge in [0.25, 0.3) is 0 Å². The van der Waals surface area contributed by atoms with Gasteiger partial charge in [0.05, 0.1) is 18.4 Å². The number of benzene rings is 1. The Morgan fingerprint density at radius 2 is 2.13 bits per heavy atom. The summed E-state index contributed by atoms with van der Waals surface area (Å²) in [6.45, 7) is 0.219. The molecule has 0 saturated carbocycles. The Morgan fingerprint density at radius 1 is 1.33 bits per heavy atom. The summed E-state index contributed by atoms with van der Waals surface area (Å²) in [5.41, 5.74) is 1.56. The molecule has 0 aliphatic heterocycles. The van der Waals surface area contributed by atoms with Crippen molar-refractivity contribution in [1.29, 1.82) is 0 Å². The van der Waals surface area contributed by atoms with Crippen molar-refractivity contribution in [3.8, 4) is 5.69 Å². The molecule has 74 valence electrons. The van der Waals surface area contributed by atoms with Crippen molar-refractivity contribution in [2.75, 3.05) is 0 Å². The summed E-state index contributed by atoms with van der Waals surface area (Å²) in [6, 6.07) is 9.60. The highest BCUT2D eigenvalue weighted by molar-refractivity contribution is 5.33. The Balaban J connectivity index is 2.24. The van der Waals surface area contributed by atoms with E-state index in [1.807, 2.05) is 30.3 Å². The van der Waals surface area contributed by atoms with Crippen LogP contribution in [-0.2, 0) is 11.3 Å². The van der Waals surface area contributed by atoms with Crippen molar-refractivity contribution in [2.24, 2.45) is 4.99 Å². The average molecular weight is 200 g/mol. The summed E-state index contributed by atoms with van der Waals surface area (Å²) in [6.07, 6.45) is 3.20. The Kier molecular flexibility index (Phi) is 2.67. The van der Waals surface area contributed by atoms with Gasteiger partial charge in [-0.1, -0.05) is 23.4 Å². The highest BCUT2D eigenvalue weighted by atomic mass is 16.1. The number of hydrogen-bond acceptors (Lipinski definition) is 4. The number of aliphatic imine (C=N–C) groups is 1. The van der Waals surface area contributed by atoms with Gasteiger partial charge in [-0.25, -0.2) is 9.48 Å². The molecule has 0 aliphatic rings. The van der Waals surface area contributed by atoms with E-state index in [0.29, 0.717) is 5.69 Å². The number of carbonyl (C=O) groups excluding carboxylic acids is 1. The van der Waals surface area contributed by atoms with Gasteiger partial charge in [-0.05, 0) is 12.1 Å². The molecule has 1 aromatic heterocycles. The number of nitrogens with zero attached hydrogens (tertiary/aromatic N) is 4. The molecule has 15 heavy (non-hydrogen) atoms. The van der Waals surface area contributed by atoms with Crippen LogP contribution in [0.4, 0.5) is 0 Å². The summed E-state index contributed by atoms with van der Waals surface area (Å²) in [5.74, 6) is 0. The first-order valence-corrected chi connectivity index (χ1v) is 4.40. The minimum Gasteiger partial charge on any atom is -0.220 e. The lowest BCUT2D eigenvalue weighted by Gasteiger charge is -1.96. The van der Waals surface area contributed by atoms with Crippen molar-refractivity contribution in [3.63, 3.8) is 0 Å². The van der Waals surface area contributed by atoms with Crippen LogP contribution in [0.3, 0.4) is 0 Å². The summed E-state index contributed by atoms with van der Waals surface area (Å²) in [4.78, 5) is 13.3. The summed E-state index contributed by atoms with van der Waals surface area (Å²) < 4.78 is 1.63. The standard InChI is InChI=1S/C10H8N4O/c15-8-11-6-9-7-14(13-12-9)10-4-2-1-3-5-10/h1-5,7H,6H2. The highest BCUT2D eigenvalue weighted by Gasteiger charge is 2.00. The maximum atomic E-state index is 9.91. The van der Waals surface area contributed by atoms with Crippen molar-refractivity contribution < 1.29 is 4.79 Å². The average Bonchev–Trinajstić information content (AvgIpc) is 2.76. The van der Waals surface area contributed by atoms with Gasteiger partial charge in [-0.2, -0.15) is 4.99 Å². The smallest absolute Gasteiger partial charge is 0.220 e. The molecule has 5 nitrogen and oxygen atoms in total. The predicted molar refractivity (Wildman–Crippen MR) is 53.2 cm³/mol. The second kappa shape index (κ2) is 4.30. The lowest BCUT2D eigenvalue weighted by Crippen LogP contribution is -1.93. The fraction of sp³-hybridized carbons (Fsp3) is 0.100. The van der Waals surface area contributed by atoms with Crippen LogP contribution in [0.1, 0.15) is 5.69 Å². The molecule has 0 bridgehead atoms.